The Bertz CT molecular complexity index is 513. The molecule has 0 spiro atoms. The maximum Gasteiger partial charge on any atom is 0.136 e. The standard InChI is InChI=1S/C13H15FN4/c1-18(11-4-2-10(14)3-5-11)13-7-9-16-12(17-13)6-8-15/h2-5,7,9H,6,8,15H2,1H3. The largest absolute Gasteiger partial charge is 0.330 e. The normalized spacial score (nSPS) is 10.4. The summed E-state index contributed by atoms with van der Waals surface area (Å²) < 4.78 is 12.9. The van der Waals surface area contributed by atoms with Gasteiger partial charge in [-0.05, 0) is 36.9 Å². The van der Waals surface area contributed by atoms with Crippen LogP contribution < -0.4 is 10.6 Å². The molecule has 0 radical (unpaired) electrons. The molecule has 1 aromatic carbocycles. The van der Waals surface area contributed by atoms with E-state index in [0.717, 1.165) is 11.5 Å². The fraction of sp³-hybridized carbons (Fsp3) is 0.231. The van der Waals surface area contributed by atoms with E-state index in [9.17, 15) is 4.39 Å². The Labute approximate surface area is 105 Å². The highest BCUT2D eigenvalue weighted by atomic mass is 19.1. The van der Waals surface area contributed by atoms with E-state index in [1.165, 1.54) is 12.1 Å². The van der Waals surface area contributed by atoms with Gasteiger partial charge in [-0.2, -0.15) is 0 Å². The Morgan fingerprint density at radius 3 is 2.61 bits per heavy atom. The molecular weight excluding hydrogens is 231 g/mol. The van der Waals surface area contributed by atoms with E-state index in [2.05, 4.69) is 9.97 Å². The number of aromatic nitrogens is 2. The second kappa shape index (κ2) is 5.55. The van der Waals surface area contributed by atoms with Gasteiger partial charge >= 0.3 is 0 Å². The molecule has 18 heavy (non-hydrogen) atoms. The van der Waals surface area contributed by atoms with Crippen LogP contribution >= 0.6 is 0 Å². The van der Waals surface area contributed by atoms with Crippen molar-refractivity contribution in [1.82, 2.24) is 9.97 Å². The molecule has 2 aromatic rings. The molecule has 5 heteroatoms. The van der Waals surface area contributed by atoms with Crippen molar-refractivity contribution >= 4 is 11.5 Å². The number of nitrogens with zero attached hydrogens (tertiary/aromatic N) is 3. The van der Waals surface area contributed by atoms with Crippen molar-refractivity contribution in [2.75, 3.05) is 18.5 Å². The fourth-order valence-corrected chi connectivity index (χ4v) is 1.62. The monoisotopic (exact) mass is 246 g/mol. The van der Waals surface area contributed by atoms with Gasteiger partial charge in [-0.1, -0.05) is 0 Å². The Balaban J connectivity index is 2.24. The number of hydrogen-bond donors (Lipinski definition) is 1. The van der Waals surface area contributed by atoms with Gasteiger partial charge in [0.2, 0.25) is 0 Å². The molecule has 0 amide bonds. The van der Waals surface area contributed by atoms with Crippen molar-refractivity contribution in [2.24, 2.45) is 5.73 Å². The van der Waals surface area contributed by atoms with Gasteiger partial charge in [0.1, 0.15) is 17.5 Å². The number of rotatable bonds is 4. The predicted molar refractivity (Wildman–Crippen MR) is 69.3 cm³/mol. The van der Waals surface area contributed by atoms with Crippen LogP contribution in [0.3, 0.4) is 0 Å². The van der Waals surface area contributed by atoms with Gasteiger partial charge in [-0.25, -0.2) is 14.4 Å². The fourth-order valence-electron chi connectivity index (χ4n) is 1.62. The first-order chi connectivity index (χ1) is 8.70. The molecule has 0 aliphatic rings. The third kappa shape index (κ3) is 2.81. The molecule has 0 atom stereocenters. The van der Waals surface area contributed by atoms with E-state index in [1.54, 1.807) is 18.3 Å². The Kier molecular flexibility index (Phi) is 3.84. The van der Waals surface area contributed by atoms with Crippen LogP contribution in [0.2, 0.25) is 0 Å². The van der Waals surface area contributed by atoms with Crippen molar-refractivity contribution in [3.63, 3.8) is 0 Å². The summed E-state index contributed by atoms with van der Waals surface area (Å²) >= 11 is 0. The molecule has 0 fully saturated rings. The molecule has 0 bridgehead atoms. The van der Waals surface area contributed by atoms with Crippen LogP contribution in [0, 0.1) is 5.82 Å². The van der Waals surface area contributed by atoms with E-state index in [0.29, 0.717) is 18.8 Å². The first kappa shape index (κ1) is 12.4. The minimum Gasteiger partial charge on any atom is -0.330 e. The van der Waals surface area contributed by atoms with Crippen molar-refractivity contribution in [2.45, 2.75) is 6.42 Å². The zero-order chi connectivity index (χ0) is 13.0. The van der Waals surface area contributed by atoms with E-state index in [1.807, 2.05) is 18.0 Å². The van der Waals surface area contributed by atoms with Crippen LogP contribution in [0.25, 0.3) is 0 Å². The van der Waals surface area contributed by atoms with E-state index >= 15 is 0 Å². The first-order valence-corrected chi connectivity index (χ1v) is 5.72. The lowest BCUT2D eigenvalue weighted by molar-refractivity contribution is 0.628. The van der Waals surface area contributed by atoms with Gasteiger partial charge in [0, 0.05) is 25.4 Å². The first-order valence-electron chi connectivity index (χ1n) is 5.72. The summed E-state index contributed by atoms with van der Waals surface area (Å²) in [5, 5.41) is 0. The van der Waals surface area contributed by atoms with E-state index in [-0.39, 0.29) is 5.82 Å². The molecule has 2 rings (SSSR count). The summed E-state index contributed by atoms with van der Waals surface area (Å²) in [4.78, 5) is 10.4. The van der Waals surface area contributed by atoms with Gasteiger partial charge in [0.05, 0.1) is 0 Å². The van der Waals surface area contributed by atoms with Gasteiger partial charge in [0.25, 0.3) is 0 Å². The second-order valence-corrected chi connectivity index (χ2v) is 3.91. The Morgan fingerprint density at radius 1 is 1.22 bits per heavy atom. The minimum atomic E-state index is -0.251. The average molecular weight is 246 g/mol. The second-order valence-electron chi connectivity index (χ2n) is 3.91. The molecule has 0 aliphatic carbocycles. The highest BCUT2D eigenvalue weighted by Crippen LogP contribution is 2.21. The smallest absolute Gasteiger partial charge is 0.136 e. The van der Waals surface area contributed by atoms with Gasteiger partial charge in [-0.15, -0.1) is 0 Å². The summed E-state index contributed by atoms with van der Waals surface area (Å²) in [6.07, 6.45) is 2.35. The summed E-state index contributed by atoms with van der Waals surface area (Å²) in [5.74, 6) is 1.22. The maximum atomic E-state index is 12.9. The van der Waals surface area contributed by atoms with Crippen molar-refractivity contribution in [3.05, 3.63) is 48.2 Å². The summed E-state index contributed by atoms with van der Waals surface area (Å²) in [6, 6.07) is 8.07. The molecule has 94 valence electrons. The quantitative estimate of drug-likeness (QED) is 0.895. The highest BCUT2D eigenvalue weighted by molar-refractivity contribution is 5.58. The molecule has 0 unspecified atom stereocenters. The SMILES string of the molecule is CN(c1ccc(F)cc1)c1ccnc(CCN)n1. The molecule has 0 saturated heterocycles. The van der Waals surface area contributed by atoms with Gasteiger partial charge in [0.15, 0.2) is 0 Å². The maximum absolute atomic E-state index is 12.9. The number of halogens is 1. The third-order valence-corrected chi connectivity index (χ3v) is 2.62. The van der Waals surface area contributed by atoms with Gasteiger partial charge in [-0.3, -0.25) is 0 Å². The number of anilines is 2. The molecule has 2 N–H and O–H groups in total. The molecular formula is C13H15FN4. The average Bonchev–Trinajstić information content (AvgIpc) is 2.39. The van der Waals surface area contributed by atoms with Crippen LogP contribution in [-0.4, -0.2) is 23.6 Å². The topological polar surface area (TPSA) is 55.0 Å². The number of nitrogens with two attached hydrogens (primary N) is 1. The van der Waals surface area contributed by atoms with E-state index in [4.69, 9.17) is 5.73 Å². The van der Waals surface area contributed by atoms with Crippen LogP contribution in [0.4, 0.5) is 15.9 Å². The van der Waals surface area contributed by atoms with Crippen molar-refractivity contribution in [1.29, 1.82) is 0 Å². The van der Waals surface area contributed by atoms with Crippen molar-refractivity contribution in [3.8, 4) is 0 Å². The molecule has 4 nitrogen and oxygen atoms in total. The zero-order valence-electron chi connectivity index (χ0n) is 10.2. The lowest BCUT2D eigenvalue weighted by atomic mass is 10.3. The minimum absolute atomic E-state index is 0.251. The molecule has 0 saturated carbocycles. The summed E-state index contributed by atoms with van der Waals surface area (Å²) in [6.45, 7) is 0.518. The Hall–Kier alpha value is -2.01. The van der Waals surface area contributed by atoms with Crippen LogP contribution in [0.15, 0.2) is 36.5 Å². The molecule has 1 heterocycles. The molecule has 1 aromatic heterocycles. The number of benzene rings is 1. The highest BCUT2D eigenvalue weighted by Gasteiger charge is 2.06. The lowest BCUT2D eigenvalue weighted by Gasteiger charge is -2.18. The lowest BCUT2D eigenvalue weighted by Crippen LogP contribution is -2.14. The van der Waals surface area contributed by atoms with Gasteiger partial charge < -0.3 is 10.6 Å². The summed E-state index contributed by atoms with van der Waals surface area (Å²) in [7, 11) is 1.88. The third-order valence-electron chi connectivity index (χ3n) is 2.62. The molecule has 0 aliphatic heterocycles. The van der Waals surface area contributed by atoms with Crippen LogP contribution in [0.5, 0.6) is 0 Å². The van der Waals surface area contributed by atoms with Crippen LogP contribution in [0.1, 0.15) is 5.82 Å². The van der Waals surface area contributed by atoms with E-state index < -0.39 is 0 Å². The zero-order valence-corrected chi connectivity index (χ0v) is 10.2. The Morgan fingerprint density at radius 2 is 1.94 bits per heavy atom. The van der Waals surface area contributed by atoms with Crippen LogP contribution in [-0.2, 0) is 6.42 Å². The van der Waals surface area contributed by atoms with Crippen molar-refractivity contribution < 1.29 is 4.39 Å². The predicted octanol–water partition coefficient (Wildman–Crippen LogP) is 1.88. The summed E-state index contributed by atoms with van der Waals surface area (Å²) in [5.41, 5.74) is 6.35. The number of hydrogen-bond acceptors (Lipinski definition) is 4.